The number of H-pyrrole nitrogens is 1. The number of nitrogens with one attached hydrogen (secondary N) is 2. The second-order valence-corrected chi connectivity index (χ2v) is 5.67. The molecule has 2 aromatic rings. The Bertz CT molecular complexity index is 613. The van der Waals surface area contributed by atoms with Gasteiger partial charge in [0, 0.05) is 31.2 Å². The molecule has 0 amide bonds. The number of aromatic amines is 1. The summed E-state index contributed by atoms with van der Waals surface area (Å²) in [6.45, 7) is 4.86. The summed E-state index contributed by atoms with van der Waals surface area (Å²) in [4.78, 5) is 6.68. The van der Waals surface area contributed by atoms with Gasteiger partial charge in [0.1, 0.15) is 0 Å². The lowest BCUT2D eigenvalue weighted by molar-refractivity contribution is 0.480. The van der Waals surface area contributed by atoms with Crippen LogP contribution in [0.5, 0.6) is 0 Å². The van der Waals surface area contributed by atoms with Gasteiger partial charge in [0.2, 0.25) is 5.95 Å². The van der Waals surface area contributed by atoms with Gasteiger partial charge in [-0.25, -0.2) is 0 Å². The van der Waals surface area contributed by atoms with E-state index in [0.29, 0.717) is 27.9 Å². The molecule has 1 aliphatic heterocycles. The molecule has 1 unspecified atom stereocenters. The Morgan fingerprint density at radius 3 is 3.00 bits per heavy atom. The van der Waals surface area contributed by atoms with E-state index in [4.69, 9.17) is 23.2 Å². The maximum absolute atomic E-state index is 6.20. The first kappa shape index (κ1) is 13.7. The maximum atomic E-state index is 6.20. The van der Waals surface area contributed by atoms with Crippen molar-refractivity contribution in [3.63, 3.8) is 0 Å². The fourth-order valence-corrected chi connectivity index (χ4v) is 2.71. The standard InChI is InChI=1S/C13H15Cl2N5/c1-8-7-20(6-5-16-8)13-17-12(18-19-13)9-3-2-4-10(14)11(9)15/h2-4,8,16H,5-7H2,1H3,(H,17,18,19). The first-order valence-electron chi connectivity index (χ1n) is 6.50. The summed E-state index contributed by atoms with van der Waals surface area (Å²) in [6.07, 6.45) is 0. The van der Waals surface area contributed by atoms with Crippen molar-refractivity contribution in [2.75, 3.05) is 24.5 Å². The Morgan fingerprint density at radius 2 is 2.20 bits per heavy atom. The van der Waals surface area contributed by atoms with Gasteiger partial charge in [0.05, 0.1) is 10.0 Å². The third-order valence-electron chi connectivity index (χ3n) is 3.33. The molecule has 1 atom stereocenters. The second-order valence-electron chi connectivity index (χ2n) is 4.89. The highest BCUT2D eigenvalue weighted by atomic mass is 35.5. The molecule has 5 nitrogen and oxygen atoms in total. The van der Waals surface area contributed by atoms with Crippen LogP contribution < -0.4 is 10.2 Å². The van der Waals surface area contributed by atoms with Crippen molar-refractivity contribution in [2.45, 2.75) is 13.0 Å². The zero-order valence-corrected chi connectivity index (χ0v) is 12.5. The van der Waals surface area contributed by atoms with Crippen LogP contribution in [0.25, 0.3) is 11.4 Å². The van der Waals surface area contributed by atoms with Gasteiger partial charge in [-0.3, -0.25) is 5.10 Å². The molecule has 7 heteroatoms. The van der Waals surface area contributed by atoms with Crippen LogP contribution in [-0.4, -0.2) is 40.9 Å². The lowest BCUT2D eigenvalue weighted by Crippen LogP contribution is -2.49. The number of benzene rings is 1. The van der Waals surface area contributed by atoms with Crippen molar-refractivity contribution in [1.82, 2.24) is 20.5 Å². The highest BCUT2D eigenvalue weighted by Crippen LogP contribution is 2.32. The van der Waals surface area contributed by atoms with E-state index in [1.54, 1.807) is 6.07 Å². The monoisotopic (exact) mass is 311 g/mol. The van der Waals surface area contributed by atoms with Crippen molar-refractivity contribution in [3.05, 3.63) is 28.2 Å². The largest absolute Gasteiger partial charge is 0.337 e. The van der Waals surface area contributed by atoms with Gasteiger partial charge < -0.3 is 10.2 Å². The first-order chi connectivity index (χ1) is 9.65. The minimum atomic E-state index is 0.431. The van der Waals surface area contributed by atoms with Gasteiger partial charge >= 0.3 is 0 Å². The summed E-state index contributed by atoms with van der Waals surface area (Å²) in [5.41, 5.74) is 0.765. The molecular formula is C13H15Cl2N5. The second kappa shape index (κ2) is 5.60. The van der Waals surface area contributed by atoms with Crippen LogP contribution in [-0.2, 0) is 0 Å². The molecular weight excluding hydrogens is 297 g/mol. The first-order valence-corrected chi connectivity index (χ1v) is 7.26. The summed E-state index contributed by atoms with van der Waals surface area (Å²) in [5, 5.41) is 11.6. The lowest BCUT2D eigenvalue weighted by atomic mass is 10.2. The Balaban J connectivity index is 1.88. The summed E-state index contributed by atoms with van der Waals surface area (Å²) < 4.78 is 0. The van der Waals surface area contributed by atoms with Gasteiger partial charge in [-0.15, -0.1) is 5.10 Å². The highest BCUT2D eigenvalue weighted by Gasteiger charge is 2.20. The van der Waals surface area contributed by atoms with E-state index >= 15 is 0 Å². The van der Waals surface area contributed by atoms with Crippen LogP contribution in [0.3, 0.4) is 0 Å². The van der Waals surface area contributed by atoms with Crippen LogP contribution in [0.15, 0.2) is 18.2 Å². The van der Waals surface area contributed by atoms with Crippen LogP contribution in [0, 0.1) is 0 Å². The van der Waals surface area contributed by atoms with Crippen LogP contribution in [0.4, 0.5) is 5.95 Å². The van der Waals surface area contributed by atoms with Crippen LogP contribution in [0.1, 0.15) is 6.92 Å². The van der Waals surface area contributed by atoms with E-state index in [-0.39, 0.29) is 0 Å². The van der Waals surface area contributed by atoms with Gasteiger partial charge in [0.15, 0.2) is 5.82 Å². The average Bonchev–Trinajstić information content (AvgIpc) is 2.91. The molecule has 0 spiro atoms. The summed E-state index contributed by atoms with van der Waals surface area (Å²) >= 11 is 12.2. The Morgan fingerprint density at radius 1 is 1.35 bits per heavy atom. The Kier molecular flexibility index (Phi) is 3.83. The minimum Gasteiger partial charge on any atom is -0.337 e. The van der Waals surface area contributed by atoms with E-state index in [1.807, 2.05) is 12.1 Å². The predicted molar refractivity (Wildman–Crippen MR) is 81.5 cm³/mol. The number of aromatic nitrogens is 3. The molecule has 106 valence electrons. The normalized spacial score (nSPS) is 19.4. The highest BCUT2D eigenvalue weighted by molar-refractivity contribution is 6.43. The molecule has 1 fully saturated rings. The summed E-state index contributed by atoms with van der Waals surface area (Å²) in [5.74, 6) is 1.34. The molecule has 3 rings (SSSR count). The third kappa shape index (κ3) is 2.61. The van der Waals surface area contributed by atoms with E-state index < -0.39 is 0 Å². The number of rotatable bonds is 2. The number of hydrogen-bond acceptors (Lipinski definition) is 4. The Hall–Kier alpha value is -1.30. The molecule has 1 aromatic carbocycles. The van der Waals surface area contributed by atoms with E-state index in [1.165, 1.54) is 0 Å². The van der Waals surface area contributed by atoms with E-state index in [2.05, 4.69) is 32.3 Å². The molecule has 0 bridgehead atoms. The molecule has 1 aromatic heterocycles. The van der Waals surface area contributed by atoms with Crippen molar-refractivity contribution >= 4 is 29.2 Å². The van der Waals surface area contributed by atoms with Crippen LogP contribution in [0.2, 0.25) is 10.0 Å². The Labute approximate surface area is 127 Å². The lowest BCUT2D eigenvalue weighted by Gasteiger charge is -2.30. The molecule has 0 aliphatic carbocycles. The summed E-state index contributed by atoms with van der Waals surface area (Å²) in [7, 11) is 0. The van der Waals surface area contributed by atoms with Crippen molar-refractivity contribution in [3.8, 4) is 11.4 Å². The van der Waals surface area contributed by atoms with Gasteiger partial charge in [0.25, 0.3) is 0 Å². The zero-order chi connectivity index (χ0) is 14.1. The number of piperazine rings is 1. The minimum absolute atomic E-state index is 0.431. The zero-order valence-electron chi connectivity index (χ0n) is 11.0. The van der Waals surface area contributed by atoms with E-state index in [9.17, 15) is 0 Å². The van der Waals surface area contributed by atoms with Gasteiger partial charge in [-0.05, 0) is 19.1 Å². The number of nitrogens with zero attached hydrogens (tertiary/aromatic N) is 3. The molecule has 0 radical (unpaired) electrons. The molecule has 1 aliphatic rings. The van der Waals surface area contributed by atoms with Gasteiger partial charge in [-0.2, -0.15) is 4.98 Å². The van der Waals surface area contributed by atoms with Crippen molar-refractivity contribution < 1.29 is 0 Å². The number of anilines is 1. The van der Waals surface area contributed by atoms with Crippen molar-refractivity contribution in [1.29, 1.82) is 0 Å². The third-order valence-corrected chi connectivity index (χ3v) is 4.15. The van der Waals surface area contributed by atoms with Crippen LogP contribution >= 0.6 is 23.2 Å². The molecule has 0 saturated carbocycles. The maximum Gasteiger partial charge on any atom is 0.245 e. The van der Waals surface area contributed by atoms with E-state index in [0.717, 1.165) is 25.2 Å². The molecule has 2 heterocycles. The average molecular weight is 312 g/mol. The molecule has 2 N–H and O–H groups in total. The fourth-order valence-electron chi connectivity index (χ4n) is 2.32. The number of hydrogen-bond donors (Lipinski definition) is 2. The smallest absolute Gasteiger partial charge is 0.245 e. The summed E-state index contributed by atoms with van der Waals surface area (Å²) in [6, 6.07) is 5.90. The SMILES string of the molecule is CC1CN(c2n[nH]c(-c3cccc(Cl)c3Cl)n2)CCN1. The fraction of sp³-hybridized carbons (Fsp3) is 0.385. The van der Waals surface area contributed by atoms with Gasteiger partial charge in [-0.1, -0.05) is 29.3 Å². The topological polar surface area (TPSA) is 56.8 Å². The van der Waals surface area contributed by atoms with Crippen molar-refractivity contribution in [2.24, 2.45) is 0 Å². The molecule has 20 heavy (non-hydrogen) atoms. The molecule has 1 saturated heterocycles. The predicted octanol–water partition coefficient (Wildman–Crippen LogP) is 2.58. The number of halogens is 2. The quantitative estimate of drug-likeness (QED) is 0.895.